The Morgan fingerprint density at radius 1 is 1.67 bits per heavy atom. The predicted octanol–water partition coefficient (Wildman–Crippen LogP) is 1.13. The Morgan fingerprint density at radius 2 is 2.39 bits per heavy atom. The van der Waals surface area contributed by atoms with Crippen molar-refractivity contribution in [2.24, 2.45) is 5.84 Å². The number of anilines is 1. The van der Waals surface area contributed by atoms with Crippen molar-refractivity contribution in [2.75, 3.05) is 32.2 Å². The van der Waals surface area contributed by atoms with Crippen molar-refractivity contribution in [3.8, 4) is 0 Å². The van der Waals surface area contributed by atoms with Crippen molar-refractivity contribution in [1.82, 2.24) is 9.88 Å². The van der Waals surface area contributed by atoms with Crippen LogP contribution in [0.4, 0.5) is 5.82 Å². The standard InChI is InChI=1S/C11H17ClN4O2/c1-3-16(4-5-18-2)11(17)8-6-9(12)10(15-13)14-7-8/h6-7H,3-5,13H2,1-2H3,(H,14,15). The van der Waals surface area contributed by atoms with Gasteiger partial charge in [-0.2, -0.15) is 0 Å². The van der Waals surface area contributed by atoms with Gasteiger partial charge in [0.1, 0.15) is 0 Å². The number of hydrogen-bond donors (Lipinski definition) is 2. The maximum Gasteiger partial charge on any atom is 0.255 e. The number of likely N-dealkylation sites (N-methyl/N-ethyl adjacent to an activating group) is 1. The fourth-order valence-corrected chi connectivity index (χ4v) is 1.67. The lowest BCUT2D eigenvalue weighted by atomic mass is 10.2. The van der Waals surface area contributed by atoms with E-state index in [0.717, 1.165) is 0 Å². The molecule has 1 aromatic rings. The van der Waals surface area contributed by atoms with Gasteiger partial charge in [0.2, 0.25) is 0 Å². The molecule has 0 atom stereocenters. The van der Waals surface area contributed by atoms with E-state index in [-0.39, 0.29) is 5.91 Å². The Morgan fingerprint density at radius 3 is 2.89 bits per heavy atom. The Balaban J connectivity index is 2.84. The Kier molecular flexibility index (Phi) is 5.84. The van der Waals surface area contributed by atoms with E-state index in [9.17, 15) is 4.79 Å². The number of nitrogens with two attached hydrogens (primary N) is 1. The SMILES string of the molecule is CCN(CCOC)C(=O)c1cnc(NN)c(Cl)c1. The first kappa shape index (κ1) is 14.7. The molecule has 1 rings (SSSR count). The van der Waals surface area contributed by atoms with E-state index in [2.05, 4.69) is 10.4 Å². The van der Waals surface area contributed by atoms with Gasteiger partial charge in [-0.3, -0.25) is 4.79 Å². The Labute approximate surface area is 111 Å². The number of hydrazine groups is 1. The monoisotopic (exact) mass is 272 g/mol. The number of carbonyl (C=O) groups is 1. The zero-order valence-corrected chi connectivity index (χ0v) is 11.2. The van der Waals surface area contributed by atoms with Crippen LogP contribution in [0, 0.1) is 0 Å². The van der Waals surface area contributed by atoms with Gasteiger partial charge in [0.15, 0.2) is 5.82 Å². The lowest BCUT2D eigenvalue weighted by Gasteiger charge is -2.20. The molecule has 1 aromatic heterocycles. The summed E-state index contributed by atoms with van der Waals surface area (Å²) < 4.78 is 4.96. The zero-order valence-electron chi connectivity index (χ0n) is 10.4. The van der Waals surface area contributed by atoms with E-state index in [0.29, 0.717) is 36.1 Å². The molecule has 0 radical (unpaired) electrons. The van der Waals surface area contributed by atoms with Crippen LogP contribution < -0.4 is 11.3 Å². The van der Waals surface area contributed by atoms with Crippen LogP contribution in [0.25, 0.3) is 0 Å². The number of methoxy groups -OCH3 is 1. The minimum atomic E-state index is -0.132. The van der Waals surface area contributed by atoms with Crippen LogP contribution in [-0.2, 0) is 4.74 Å². The Bertz CT molecular complexity index is 414. The summed E-state index contributed by atoms with van der Waals surface area (Å²) in [5, 5.41) is 0.311. The van der Waals surface area contributed by atoms with Crippen LogP contribution in [0.5, 0.6) is 0 Å². The van der Waals surface area contributed by atoms with Crippen molar-refractivity contribution >= 4 is 23.3 Å². The highest BCUT2D eigenvalue weighted by Gasteiger charge is 2.15. The number of hydrogen-bond acceptors (Lipinski definition) is 5. The first-order valence-electron chi connectivity index (χ1n) is 5.54. The maximum absolute atomic E-state index is 12.2. The number of carbonyl (C=O) groups excluding carboxylic acids is 1. The zero-order chi connectivity index (χ0) is 13.5. The quantitative estimate of drug-likeness (QED) is 0.599. The average Bonchev–Trinajstić information content (AvgIpc) is 2.39. The van der Waals surface area contributed by atoms with Crippen LogP contribution in [0.2, 0.25) is 5.02 Å². The summed E-state index contributed by atoms with van der Waals surface area (Å²) in [6, 6.07) is 1.54. The molecule has 100 valence electrons. The maximum atomic E-state index is 12.2. The molecule has 7 heteroatoms. The lowest BCUT2D eigenvalue weighted by Crippen LogP contribution is -2.33. The minimum absolute atomic E-state index is 0.132. The van der Waals surface area contributed by atoms with E-state index in [1.54, 1.807) is 18.1 Å². The number of nitrogen functional groups attached to an aromatic ring is 1. The predicted molar refractivity (Wildman–Crippen MR) is 70.5 cm³/mol. The van der Waals surface area contributed by atoms with Gasteiger partial charge in [-0.15, -0.1) is 0 Å². The second-order valence-electron chi connectivity index (χ2n) is 3.58. The molecule has 1 heterocycles. The first-order chi connectivity index (χ1) is 8.63. The van der Waals surface area contributed by atoms with E-state index in [1.165, 1.54) is 6.20 Å². The average molecular weight is 273 g/mol. The van der Waals surface area contributed by atoms with Crippen molar-refractivity contribution < 1.29 is 9.53 Å². The molecule has 0 saturated heterocycles. The van der Waals surface area contributed by atoms with Crippen LogP contribution >= 0.6 is 11.6 Å². The molecule has 0 aromatic carbocycles. The number of rotatable bonds is 6. The molecule has 6 nitrogen and oxygen atoms in total. The third-order valence-corrected chi connectivity index (χ3v) is 2.75. The highest BCUT2D eigenvalue weighted by atomic mass is 35.5. The molecule has 0 aliphatic rings. The molecule has 18 heavy (non-hydrogen) atoms. The van der Waals surface area contributed by atoms with Crippen LogP contribution in [-0.4, -0.2) is 42.6 Å². The lowest BCUT2D eigenvalue weighted by molar-refractivity contribution is 0.0706. The molecule has 0 saturated carbocycles. The van der Waals surface area contributed by atoms with Crippen molar-refractivity contribution in [1.29, 1.82) is 0 Å². The first-order valence-corrected chi connectivity index (χ1v) is 5.92. The Hall–Kier alpha value is -1.37. The number of halogens is 1. The molecule has 0 bridgehead atoms. The highest BCUT2D eigenvalue weighted by Crippen LogP contribution is 2.19. The molecule has 0 aliphatic carbocycles. The number of nitrogens with one attached hydrogen (secondary N) is 1. The van der Waals surface area contributed by atoms with E-state index in [4.69, 9.17) is 22.2 Å². The summed E-state index contributed by atoms with van der Waals surface area (Å²) in [7, 11) is 1.60. The van der Waals surface area contributed by atoms with Gasteiger partial charge in [0.25, 0.3) is 5.91 Å². The molecule has 3 N–H and O–H groups in total. The van der Waals surface area contributed by atoms with Gasteiger partial charge in [0.05, 0.1) is 17.2 Å². The summed E-state index contributed by atoms with van der Waals surface area (Å²) in [5.41, 5.74) is 2.78. The summed E-state index contributed by atoms with van der Waals surface area (Å²) >= 11 is 5.93. The second kappa shape index (κ2) is 7.15. The number of nitrogens with zero attached hydrogens (tertiary/aromatic N) is 2. The number of ether oxygens (including phenoxy) is 1. The summed E-state index contributed by atoms with van der Waals surface area (Å²) in [5.74, 6) is 5.43. The third kappa shape index (κ3) is 3.56. The fourth-order valence-electron chi connectivity index (χ4n) is 1.45. The molecule has 0 aliphatic heterocycles. The van der Waals surface area contributed by atoms with Crippen LogP contribution in [0.3, 0.4) is 0 Å². The molecule has 0 unspecified atom stereocenters. The molecular weight excluding hydrogens is 256 g/mol. The van der Waals surface area contributed by atoms with Gasteiger partial charge < -0.3 is 15.1 Å². The minimum Gasteiger partial charge on any atom is -0.383 e. The fraction of sp³-hybridized carbons (Fsp3) is 0.455. The highest BCUT2D eigenvalue weighted by molar-refractivity contribution is 6.33. The number of amides is 1. The third-order valence-electron chi connectivity index (χ3n) is 2.46. The van der Waals surface area contributed by atoms with Crippen LogP contribution in [0.1, 0.15) is 17.3 Å². The smallest absolute Gasteiger partial charge is 0.255 e. The van der Waals surface area contributed by atoms with Gasteiger partial charge in [-0.05, 0) is 13.0 Å². The van der Waals surface area contributed by atoms with E-state index < -0.39 is 0 Å². The summed E-state index contributed by atoms with van der Waals surface area (Å²) in [4.78, 5) is 17.8. The normalized spacial score (nSPS) is 10.2. The summed E-state index contributed by atoms with van der Waals surface area (Å²) in [6.07, 6.45) is 1.44. The second-order valence-corrected chi connectivity index (χ2v) is 3.98. The van der Waals surface area contributed by atoms with E-state index >= 15 is 0 Å². The molecule has 0 fully saturated rings. The van der Waals surface area contributed by atoms with Gasteiger partial charge in [-0.25, -0.2) is 10.8 Å². The number of pyridine rings is 1. The van der Waals surface area contributed by atoms with Crippen molar-refractivity contribution in [3.63, 3.8) is 0 Å². The van der Waals surface area contributed by atoms with Gasteiger partial charge in [-0.1, -0.05) is 11.6 Å². The molecule has 1 amide bonds. The van der Waals surface area contributed by atoms with Gasteiger partial charge in [0, 0.05) is 26.4 Å². The molecular formula is C11H17ClN4O2. The number of aromatic nitrogens is 1. The van der Waals surface area contributed by atoms with Crippen molar-refractivity contribution in [2.45, 2.75) is 6.92 Å². The topological polar surface area (TPSA) is 80.5 Å². The van der Waals surface area contributed by atoms with E-state index in [1.807, 2.05) is 6.92 Å². The molecule has 0 spiro atoms. The van der Waals surface area contributed by atoms with Crippen LogP contribution in [0.15, 0.2) is 12.3 Å². The van der Waals surface area contributed by atoms with Crippen molar-refractivity contribution in [3.05, 3.63) is 22.8 Å². The summed E-state index contributed by atoms with van der Waals surface area (Å²) in [6.45, 7) is 3.51. The van der Waals surface area contributed by atoms with Gasteiger partial charge >= 0.3 is 0 Å². The largest absolute Gasteiger partial charge is 0.383 e.